The van der Waals surface area contributed by atoms with Crippen LogP contribution in [0.1, 0.15) is 42.5 Å². The van der Waals surface area contributed by atoms with Gasteiger partial charge in [0.05, 0.1) is 10.6 Å². The van der Waals surface area contributed by atoms with Gasteiger partial charge in [-0.3, -0.25) is 9.59 Å². The maximum atomic E-state index is 12.1. The summed E-state index contributed by atoms with van der Waals surface area (Å²) in [4.78, 5) is 24.2. The molecule has 0 radical (unpaired) electrons. The second-order valence-corrected chi connectivity index (χ2v) is 6.40. The highest BCUT2D eigenvalue weighted by Gasteiger charge is 2.25. The minimum atomic E-state index is -0.180. The monoisotopic (exact) mass is 357 g/mol. The lowest BCUT2D eigenvalue weighted by Crippen LogP contribution is -2.28. The van der Waals surface area contributed by atoms with E-state index in [0.29, 0.717) is 22.7 Å². The van der Waals surface area contributed by atoms with E-state index in [9.17, 15) is 9.59 Å². The first-order valence-electron chi connectivity index (χ1n) is 7.75. The van der Waals surface area contributed by atoms with Crippen molar-refractivity contribution in [2.45, 2.75) is 44.2 Å². The number of benzene rings is 1. The Morgan fingerprint density at radius 1 is 1.26 bits per heavy atom. The molecular formula is C16H21Cl2N3O2. The largest absolute Gasteiger partial charge is 0.349 e. The van der Waals surface area contributed by atoms with Gasteiger partial charge in [-0.15, -0.1) is 12.4 Å². The molecule has 1 aromatic rings. The maximum Gasteiger partial charge on any atom is 0.253 e. The van der Waals surface area contributed by atoms with Gasteiger partial charge in [0.25, 0.3) is 5.91 Å². The first kappa shape index (κ1) is 18.0. The van der Waals surface area contributed by atoms with Crippen LogP contribution in [0.5, 0.6) is 0 Å². The number of carbonyl (C=O) groups excluding carboxylic acids is 2. The summed E-state index contributed by atoms with van der Waals surface area (Å²) in [5.74, 6) is -0.226. The van der Waals surface area contributed by atoms with E-state index >= 15 is 0 Å². The normalized spacial score (nSPS) is 19.8. The van der Waals surface area contributed by atoms with E-state index in [1.165, 1.54) is 0 Å². The van der Waals surface area contributed by atoms with Crippen LogP contribution in [0.3, 0.4) is 0 Å². The lowest BCUT2D eigenvalue weighted by atomic mass is 10.1. The molecule has 0 spiro atoms. The Labute approximate surface area is 146 Å². The molecule has 1 saturated carbocycles. The summed E-state index contributed by atoms with van der Waals surface area (Å²) in [7, 11) is 0. The Morgan fingerprint density at radius 3 is 2.70 bits per heavy atom. The van der Waals surface area contributed by atoms with Gasteiger partial charge in [0.15, 0.2) is 0 Å². The molecule has 5 nitrogen and oxygen atoms in total. The van der Waals surface area contributed by atoms with Gasteiger partial charge in [0.1, 0.15) is 0 Å². The fraction of sp³-hybridized carbons (Fsp3) is 0.500. The van der Waals surface area contributed by atoms with E-state index in [1.54, 1.807) is 18.2 Å². The predicted octanol–water partition coefficient (Wildman–Crippen LogP) is 2.73. The van der Waals surface area contributed by atoms with Crippen LogP contribution < -0.4 is 16.0 Å². The first-order valence-corrected chi connectivity index (χ1v) is 8.13. The van der Waals surface area contributed by atoms with Gasteiger partial charge in [-0.1, -0.05) is 11.6 Å². The quantitative estimate of drug-likeness (QED) is 0.758. The molecule has 1 aromatic carbocycles. The molecule has 1 aliphatic heterocycles. The third kappa shape index (κ3) is 5.09. The molecule has 1 heterocycles. The summed E-state index contributed by atoms with van der Waals surface area (Å²) in [6.07, 6.45) is 4.64. The van der Waals surface area contributed by atoms with E-state index in [-0.39, 0.29) is 36.3 Å². The average Bonchev–Trinajstić information content (AvgIpc) is 3.14. The smallest absolute Gasteiger partial charge is 0.253 e. The van der Waals surface area contributed by atoms with Crippen LogP contribution in [0.2, 0.25) is 5.02 Å². The summed E-state index contributed by atoms with van der Waals surface area (Å²) in [6.45, 7) is 0.977. The van der Waals surface area contributed by atoms with E-state index in [0.717, 1.165) is 32.2 Å². The Bertz CT molecular complexity index is 585. The van der Waals surface area contributed by atoms with E-state index in [2.05, 4.69) is 16.0 Å². The molecule has 2 fully saturated rings. The highest BCUT2D eigenvalue weighted by atomic mass is 35.5. The second-order valence-electron chi connectivity index (χ2n) is 5.99. The number of amides is 2. The molecule has 1 unspecified atom stereocenters. The maximum absolute atomic E-state index is 12.1. The molecule has 7 heteroatoms. The van der Waals surface area contributed by atoms with Crippen LogP contribution in [-0.2, 0) is 4.79 Å². The zero-order valence-corrected chi connectivity index (χ0v) is 14.3. The second kappa shape index (κ2) is 7.99. The molecular weight excluding hydrogens is 337 g/mol. The van der Waals surface area contributed by atoms with Crippen LogP contribution in [-0.4, -0.2) is 30.4 Å². The summed E-state index contributed by atoms with van der Waals surface area (Å²) in [5, 5.41) is 9.44. The van der Waals surface area contributed by atoms with Crippen LogP contribution in [0, 0.1) is 0 Å². The molecule has 3 rings (SSSR count). The Hall–Kier alpha value is -1.30. The SMILES string of the molecule is Cl.O=C(CC1CCCN1)Nc1ccc(Cl)c(C(=O)NC2CC2)c1. The van der Waals surface area contributed by atoms with Crippen LogP contribution in [0.4, 0.5) is 5.69 Å². The minimum absolute atomic E-state index is 0. The van der Waals surface area contributed by atoms with Crippen molar-refractivity contribution in [3.8, 4) is 0 Å². The Kier molecular flexibility index (Phi) is 6.27. The van der Waals surface area contributed by atoms with Gasteiger partial charge in [-0.2, -0.15) is 0 Å². The van der Waals surface area contributed by atoms with Crippen molar-refractivity contribution in [3.63, 3.8) is 0 Å². The third-order valence-electron chi connectivity index (χ3n) is 4.00. The molecule has 0 bridgehead atoms. The van der Waals surface area contributed by atoms with Crippen molar-refractivity contribution in [3.05, 3.63) is 28.8 Å². The molecule has 2 amide bonds. The number of anilines is 1. The molecule has 3 N–H and O–H groups in total. The summed E-state index contributed by atoms with van der Waals surface area (Å²) < 4.78 is 0. The first-order chi connectivity index (χ1) is 10.6. The number of hydrogen-bond acceptors (Lipinski definition) is 3. The van der Waals surface area contributed by atoms with Gasteiger partial charge in [0.2, 0.25) is 5.91 Å². The van der Waals surface area contributed by atoms with E-state index < -0.39 is 0 Å². The average molecular weight is 358 g/mol. The zero-order valence-electron chi connectivity index (χ0n) is 12.7. The number of nitrogens with one attached hydrogen (secondary N) is 3. The topological polar surface area (TPSA) is 70.2 Å². The lowest BCUT2D eigenvalue weighted by Gasteiger charge is -2.12. The van der Waals surface area contributed by atoms with Crippen molar-refractivity contribution < 1.29 is 9.59 Å². The predicted molar refractivity (Wildman–Crippen MR) is 93.5 cm³/mol. The Morgan fingerprint density at radius 2 is 2.04 bits per heavy atom. The van der Waals surface area contributed by atoms with Gasteiger partial charge >= 0.3 is 0 Å². The summed E-state index contributed by atoms with van der Waals surface area (Å²) in [5.41, 5.74) is 1.01. The minimum Gasteiger partial charge on any atom is -0.349 e. The van der Waals surface area contributed by atoms with Gasteiger partial charge < -0.3 is 16.0 Å². The van der Waals surface area contributed by atoms with Crippen molar-refractivity contribution in [1.82, 2.24) is 10.6 Å². The van der Waals surface area contributed by atoms with Crippen molar-refractivity contribution in [1.29, 1.82) is 0 Å². The van der Waals surface area contributed by atoms with Gasteiger partial charge in [-0.05, 0) is 50.4 Å². The summed E-state index contributed by atoms with van der Waals surface area (Å²) in [6, 6.07) is 5.53. The van der Waals surface area contributed by atoms with Gasteiger partial charge in [0, 0.05) is 24.2 Å². The zero-order chi connectivity index (χ0) is 15.5. The molecule has 0 aromatic heterocycles. The van der Waals surface area contributed by atoms with Gasteiger partial charge in [-0.25, -0.2) is 0 Å². The van der Waals surface area contributed by atoms with Crippen LogP contribution >= 0.6 is 24.0 Å². The third-order valence-corrected chi connectivity index (χ3v) is 4.33. The fourth-order valence-electron chi connectivity index (χ4n) is 2.63. The molecule has 2 aliphatic rings. The molecule has 126 valence electrons. The standard InChI is InChI=1S/C16H20ClN3O2.ClH/c17-14-6-5-12(8-13(14)16(22)20-10-3-4-10)19-15(21)9-11-2-1-7-18-11;/h5-6,8,10-11,18H,1-4,7,9H2,(H,19,21)(H,20,22);1H. The van der Waals surface area contributed by atoms with Crippen LogP contribution in [0.15, 0.2) is 18.2 Å². The number of rotatable bonds is 5. The van der Waals surface area contributed by atoms with E-state index in [1.807, 2.05) is 0 Å². The number of halogens is 2. The van der Waals surface area contributed by atoms with E-state index in [4.69, 9.17) is 11.6 Å². The molecule has 1 saturated heterocycles. The molecule has 1 aliphatic carbocycles. The van der Waals surface area contributed by atoms with Crippen molar-refractivity contribution >= 4 is 41.5 Å². The lowest BCUT2D eigenvalue weighted by molar-refractivity contribution is -0.116. The fourth-order valence-corrected chi connectivity index (χ4v) is 2.84. The summed E-state index contributed by atoms with van der Waals surface area (Å²) >= 11 is 6.09. The highest BCUT2D eigenvalue weighted by molar-refractivity contribution is 6.34. The molecule has 1 atom stereocenters. The number of hydrogen-bond donors (Lipinski definition) is 3. The van der Waals surface area contributed by atoms with Crippen LogP contribution in [0.25, 0.3) is 0 Å². The number of carbonyl (C=O) groups is 2. The van der Waals surface area contributed by atoms with Crippen molar-refractivity contribution in [2.75, 3.05) is 11.9 Å². The van der Waals surface area contributed by atoms with Crippen molar-refractivity contribution in [2.24, 2.45) is 0 Å². The highest BCUT2D eigenvalue weighted by Crippen LogP contribution is 2.24. The molecule has 23 heavy (non-hydrogen) atoms. The Balaban J connectivity index is 0.00000192.